The van der Waals surface area contributed by atoms with Crippen LogP contribution in [0, 0.1) is 5.82 Å². The molecule has 1 unspecified atom stereocenters. The number of rotatable bonds is 2. The molecule has 21 heavy (non-hydrogen) atoms. The maximum atomic E-state index is 13.2. The van der Waals surface area contributed by atoms with Crippen molar-refractivity contribution in [3.63, 3.8) is 0 Å². The molecule has 0 aliphatic heterocycles. The van der Waals surface area contributed by atoms with Crippen molar-refractivity contribution in [2.45, 2.75) is 12.5 Å². The second-order valence-corrected chi connectivity index (χ2v) is 6.31. The fourth-order valence-electron chi connectivity index (χ4n) is 2.27. The Labute approximate surface area is 134 Å². The Morgan fingerprint density at radius 3 is 2.67 bits per heavy atom. The lowest BCUT2D eigenvalue weighted by Gasteiger charge is -2.22. The lowest BCUT2D eigenvalue weighted by Crippen LogP contribution is -2.22. The molecule has 108 valence electrons. The van der Waals surface area contributed by atoms with E-state index in [0.717, 1.165) is 4.47 Å². The summed E-state index contributed by atoms with van der Waals surface area (Å²) in [5.41, 5.74) is -0.375. The third-order valence-electron chi connectivity index (χ3n) is 3.41. The van der Waals surface area contributed by atoms with Gasteiger partial charge in [-0.1, -0.05) is 33.6 Å². The minimum Gasteiger partial charge on any atom is -0.458 e. The van der Waals surface area contributed by atoms with E-state index in [-0.39, 0.29) is 5.82 Å². The number of aliphatic hydroxyl groups is 1. The molecule has 0 fully saturated rings. The largest absolute Gasteiger partial charge is 0.458 e. The van der Waals surface area contributed by atoms with Crippen LogP contribution < -0.4 is 0 Å². The van der Waals surface area contributed by atoms with E-state index in [9.17, 15) is 9.50 Å². The molecule has 0 amide bonds. The molecule has 3 aromatic rings. The van der Waals surface area contributed by atoms with Crippen LogP contribution in [0.25, 0.3) is 11.0 Å². The first-order chi connectivity index (χ1) is 9.88. The predicted octanol–water partition coefficient (Wildman–Crippen LogP) is 5.24. The average molecular weight is 370 g/mol. The zero-order chi connectivity index (χ0) is 15.2. The zero-order valence-corrected chi connectivity index (χ0v) is 13.4. The molecular formula is C16H11BrClFO2. The first-order valence-electron chi connectivity index (χ1n) is 6.25. The second kappa shape index (κ2) is 5.13. The smallest absolute Gasteiger partial charge is 0.146 e. The summed E-state index contributed by atoms with van der Waals surface area (Å²) in [7, 11) is 0. The first kappa shape index (κ1) is 14.6. The number of fused-ring (bicyclic) bond motifs is 1. The van der Waals surface area contributed by atoms with Crippen LogP contribution in [0.15, 0.2) is 51.4 Å². The van der Waals surface area contributed by atoms with E-state index in [0.29, 0.717) is 27.3 Å². The van der Waals surface area contributed by atoms with Crippen LogP contribution in [0.1, 0.15) is 18.2 Å². The molecule has 2 aromatic carbocycles. The molecule has 1 atom stereocenters. The molecule has 1 aromatic heterocycles. The van der Waals surface area contributed by atoms with Crippen LogP contribution in [0.5, 0.6) is 0 Å². The molecule has 0 radical (unpaired) electrons. The summed E-state index contributed by atoms with van der Waals surface area (Å²) in [6, 6.07) is 11.1. The van der Waals surface area contributed by atoms with E-state index >= 15 is 0 Å². The van der Waals surface area contributed by atoms with Gasteiger partial charge in [-0.05, 0) is 43.3 Å². The summed E-state index contributed by atoms with van der Waals surface area (Å²) >= 11 is 9.52. The van der Waals surface area contributed by atoms with Gasteiger partial charge < -0.3 is 9.52 Å². The van der Waals surface area contributed by atoms with E-state index in [2.05, 4.69) is 15.9 Å². The Hall–Kier alpha value is -1.36. The molecule has 0 saturated carbocycles. The van der Waals surface area contributed by atoms with Crippen molar-refractivity contribution < 1.29 is 13.9 Å². The summed E-state index contributed by atoms with van der Waals surface area (Å²) in [6.45, 7) is 1.59. The van der Waals surface area contributed by atoms with E-state index < -0.39 is 5.60 Å². The Morgan fingerprint density at radius 2 is 1.95 bits per heavy atom. The van der Waals surface area contributed by atoms with Crippen molar-refractivity contribution in [3.05, 3.63) is 69.1 Å². The van der Waals surface area contributed by atoms with E-state index in [4.69, 9.17) is 16.0 Å². The SMILES string of the molecule is CC(O)(c1cc2cc(F)ccc2o1)c1ccc(Br)cc1Cl. The van der Waals surface area contributed by atoms with Gasteiger partial charge in [-0.15, -0.1) is 0 Å². The Kier molecular flexibility index (Phi) is 3.56. The van der Waals surface area contributed by atoms with Crippen molar-refractivity contribution in [3.8, 4) is 0 Å². The number of halogens is 3. The Morgan fingerprint density at radius 1 is 1.19 bits per heavy atom. The van der Waals surface area contributed by atoms with Gasteiger partial charge in [0, 0.05) is 20.4 Å². The quantitative estimate of drug-likeness (QED) is 0.670. The summed E-state index contributed by atoms with van der Waals surface area (Å²) in [5, 5.41) is 11.8. The van der Waals surface area contributed by atoms with Gasteiger partial charge in [-0.2, -0.15) is 0 Å². The third-order valence-corrected chi connectivity index (χ3v) is 4.22. The van der Waals surface area contributed by atoms with Gasteiger partial charge in [0.15, 0.2) is 0 Å². The van der Waals surface area contributed by atoms with Crippen LogP contribution >= 0.6 is 27.5 Å². The fraction of sp³-hybridized carbons (Fsp3) is 0.125. The highest BCUT2D eigenvalue weighted by Gasteiger charge is 2.32. The molecule has 3 rings (SSSR count). The van der Waals surface area contributed by atoms with Crippen molar-refractivity contribution >= 4 is 38.5 Å². The second-order valence-electron chi connectivity index (χ2n) is 4.99. The van der Waals surface area contributed by atoms with Gasteiger partial charge in [0.25, 0.3) is 0 Å². The zero-order valence-electron chi connectivity index (χ0n) is 11.0. The van der Waals surface area contributed by atoms with E-state index in [1.807, 2.05) is 0 Å². The molecule has 0 aliphatic carbocycles. The van der Waals surface area contributed by atoms with Crippen LogP contribution in [-0.2, 0) is 5.60 Å². The first-order valence-corrected chi connectivity index (χ1v) is 7.42. The van der Waals surface area contributed by atoms with Crippen LogP contribution in [-0.4, -0.2) is 5.11 Å². The van der Waals surface area contributed by atoms with Gasteiger partial charge in [0.05, 0.1) is 0 Å². The monoisotopic (exact) mass is 368 g/mol. The molecule has 1 heterocycles. The van der Waals surface area contributed by atoms with Crippen molar-refractivity contribution in [1.29, 1.82) is 0 Å². The molecular weight excluding hydrogens is 359 g/mol. The molecule has 0 saturated heterocycles. The maximum absolute atomic E-state index is 13.2. The topological polar surface area (TPSA) is 33.4 Å². The van der Waals surface area contributed by atoms with Crippen molar-refractivity contribution in [2.24, 2.45) is 0 Å². The minimum absolute atomic E-state index is 0.312. The number of benzene rings is 2. The molecule has 2 nitrogen and oxygen atoms in total. The number of hydrogen-bond acceptors (Lipinski definition) is 2. The standard InChI is InChI=1S/C16H11BrClFO2/c1-16(20,12-4-2-10(17)8-13(12)18)15-7-9-6-11(19)3-5-14(9)21-15/h2-8,20H,1H3. The molecule has 1 N–H and O–H groups in total. The van der Waals surface area contributed by atoms with Crippen LogP contribution in [0.3, 0.4) is 0 Å². The molecule has 0 bridgehead atoms. The predicted molar refractivity (Wildman–Crippen MR) is 84.0 cm³/mol. The minimum atomic E-state index is -1.41. The van der Waals surface area contributed by atoms with Gasteiger partial charge in [-0.25, -0.2) is 4.39 Å². The Bertz CT molecular complexity index is 826. The van der Waals surface area contributed by atoms with Gasteiger partial charge in [0.1, 0.15) is 22.8 Å². The van der Waals surface area contributed by atoms with Crippen molar-refractivity contribution in [1.82, 2.24) is 0 Å². The average Bonchev–Trinajstić information content (AvgIpc) is 2.81. The summed E-state index contributed by atoms with van der Waals surface area (Å²) < 4.78 is 19.7. The molecule has 0 aliphatic rings. The van der Waals surface area contributed by atoms with E-state index in [1.54, 1.807) is 31.2 Å². The summed E-state index contributed by atoms with van der Waals surface area (Å²) in [5.74, 6) is -0.0384. The number of furan rings is 1. The highest BCUT2D eigenvalue weighted by molar-refractivity contribution is 9.10. The molecule has 5 heteroatoms. The highest BCUT2D eigenvalue weighted by Crippen LogP contribution is 2.37. The van der Waals surface area contributed by atoms with Crippen LogP contribution in [0.4, 0.5) is 4.39 Å². The van der Waals surface area contributed by atoms with E-state index in [1.165, 1.54) is 18.2 Å². The third kappa shape index (κ3) is 2.59. The summed E-state index contributed by atoms with van der Waals surface area (Å²) in [4.78, 5) is 0. The number of hydrogen-bond donors (Lipinski definition) is 1. The van der Waals surface area contributed by atoms with Gasteiger partial charge in [-0.3, -0.25) is 0 Å². The maximum Gasteiger partial charge on any atom is 0.146 e. The Balaban J connectivity index is 2.14. The highest BCUT2D eigenvalue weighted by atomic mass is 79.9. The lowest BCUT2D eigenvalue weighted by molar-refractivity contribution is 0.0787. The summed E-state index contributed by atoms with van der Waals surface area (Å²) in [6.07, 6.45) is 0. The lowest BCUT2D eigenvalue weighted by atomic mass is 9.93. The molecule has 0 spiro atoms. The van der Waals surface area contributed by atoms with Crippen molar-refractivity contribution in [2.75, 3.05) is 0 Å². The normalized spacial score (nSPS) is 14.3. The van der Waals surface area contributed by atoms with Gasteiger partial charge >= 0.3 is 0 Å². The van der Waals surface area contributed by atoms with Crippen LogP contribution in [0.2, 0.25) is 5.02 Å². The fourth-order valence-corrected chi connectivity index (χ4v) is 3.13. The van der Waals surface area contributed by atoms with Gasteiger partial charge in [0.2, 0.25) is 0 Å².